The molecule has 0 spiro atoms. The van der Waals surface area contributed by atoms with E-state index in [2.05, 4.69) is 20.9 Å². The van der Waals surface area contributed by atoms with E-state index in [4.69, 9.17) is 0 Å². The summed E-state index contributed by atoms with van der Waals surface area (Å²) in [5.74, 6) is -0.534. The molecule has 0 bridgehead atoms. The Balaban J connectivity index is 1.59. The monoisotopic (exact) mass is 485 g/mol. The number of thiophene rings is 1. The summed E-state index contributed by atoms with van der Waals surface area (Å²) in [6, 6.07) is 13.7. The summed E-state index contributed by atoms with van der Waals surface area (Å²) in [5.41, 5.74) is 2.13. The maximum Gasteiger partial charge on any atom is 0.263 e. The Bertz CT molecular complexity index is 1270. The standard InChI is InChI=1S/C22H17BrFN3O2S/c1-26(10-14-2-6-16(23)7-3-14)19(28)11-27-13-25-21-20(22(27)29)18(12-30-21)15-4-8-17(24)9-5-15/h2-9,12-13H,10-11H2,1H3. The van der Waals surface area contributed by atoms with E-state index in [1.807, 2.05) is 29.6 Å². The Labute approximate surface area is 184 Å². The van der Waals surface area contributed by atoms with Gasteiger partial charge in [-0.25, -0.2) is 9.37 Å². The molecule has 8 heteroatoms. The minimum absolute atomic E-state index is 0.104. The number of fused-ring (bicyclic) bond motifs is 1. The van der Waals surface area contributed by atoms with Gasteiger partial charge >= 0.3 is 0 Å². The van der Waals surface area contributed by atoms with Gasteiger partial charge < -0.3 is 4.90 Å². The van der Waals surface area contributed by atoms with Crippen molar-refractivity contribution in [3.05, 3.63) is 86.4 Å². The first-order valence-electron chi connectivity index (χ1n) is 9.13. The molecule has 0 fully saturated rings. The Morgan fingerprint density at radius 2 is 1.87 bits per heavy atom. The van der Waals surface area contributed by atoms with Gasteiger partial charge in [0, 0.05) is 29.0 Å². The van der Waals surface area contributed by atoms with Crippen molar-refractivity contribution in [2.75, 3.05) is 7.05 Å². The maximum atomic E-state index is 13.3. The number of benzene rings is 2. The highest BCUT2D eigenvalue weighted by Crippen LogP contribution is 2.30. The Morgan fingerprint density at radius 3 is 2.57 bits per heavy atom. The molecule has 1 amide bonds. The Kier molecular flexibility index (Phi) is 5.78. The minimum Gasteiger partial charge on any atom is -0.340 e. The lowest BCUT2D eigenvalue weighted by Gasteiger charge is -2.18. The number of rotatable bonds is 5. The zero-order valence-corrected chi connectivity index (χ0v) is 18.4. The van der Waals surface area contributed by atoms with Crippen LogP contribution in [0.5, 0.6) is 0 Å². The van der Waals surface area contributed by atoms with Gasteiger partial charge in [0.1, 0.15) is 17.2 Å². The van der Waals surface area contributed by atoms with Crippen LogP contribution in [-0.4, -0.2) is 27.4 Å². The average Bonchev–Trinajstić information content (AvgIpc) is 3.17. The van der Waals surface area contributed by atoms with E-state index in [9.17, 15) is 14.0 Å². The van der Waals surface area contributed by atoms with Gasteiger partial charge in [0.2, 0.25) is 5.91 Å². The van der Waals surface area contributed by atoms with E-state index in [1.54, 1.807) is 24.1 Å². The van der Waals surface area contributed by atoms with Crippen LogP contribution in [0, 0.1) is 5.82 Å². The highest BCUT2D eigenvalue weighted by molar-refractivity contribution is 9.10. The Hall–Kier alpha value is -2.84. The third kappa shape index (κ3) is 4.20. The summed E-state index contributed by atoms with van der Waals surface area (Å²) >= 11 is 4.74. The molecule has 5 nitrogen and oxygen atoms in total. The number of aromatic nitrogens is 2. The lowest BCUT2D eigenvalue weighted by Crippen LogP contribution is -2.33. The predicted octanol–water partition coefficient (Wildman–Crippen LogP) is 4.69. The molecule has 2 aromatic heterocycles. The summed E-state index contributed by atoms with van der Waals surface area (Å²) < 4.78 is 15.6. The van der Waals surface area contributed by atoms with Crippen molar-refractivity contribution >= 4 is 43.4 Å². The van der Waals surface area contributed by atoms with Gasteiger partial charge in [-0.05, 0) is 35.4 Å². The normalized spacial score (nSPS) is 11.0. The molecule has 4 rings (SSSR count). The molecule has 4 aromatic rings. The van der Waals surface area contributed by atoms with Crippen molar-refractivity contribution < 1.29 is 9.18 Å². The van der Waals surface area contributed by atoms with Crippen LogP contribution in [0.4, 0.5) is 4.39 Å². The molecule has 0 unspecified atom stereocenters. The van der Waals surface area contributed by atoms with E-state index in [0.717, 1.165) is 15.6 Å². The second-order valence-electron chi connectivity index (χ2n) is 6.89. The molecule has 0 saturated carbocycles. The fraction of sp³-hybridized carbons (Fsp3) is 0.136. The highest BCUT2D eigenvalue weighted by Gasteiger charge is 2.16. The van der Waals surface area contributed by atoms with Crippen LogP contribution >= 0.6 is 27.3 Å². The van der Waals surface area contributed by atoms with Crippen LogP contribution in [0.1, 0.15) is 5.56 Å². The number of carbonyl (C=O) groups is 1. The van der Waals surface area contributed by atoms with Crippen molar-refractivity contribution in [1.29, 1.82) is 0 Å². The van der Waals surface area contributed by atoms with Crippen LogP contribution in [0.3, 0.4) is 0 Å². The fourth-order valence-corrected chi connectivity index (χ4v) is 4.31. The third-order valence-corrected chi connectivity index (χ3v) is 6.20. The summed E-state index contributed by atoms with van der Waals surface area (Å²) in [7, 11) is 1.70. The molecule has 152 valence electrons. The third-order valence-electron chi connectivity index (χ3n) is 4.78. The first-order chi connectivity index (χ1) is 14.4. The quantitative estimate of drug-likeness (QED) is 0.412. The first kappa shape index (κ1) is 20.4. The zero-order valence-electron chi connectivity index (χ0n) is 16.0. The SMILES string of the molecule is CN(Cc1ccc(Br)cc1)C(=O)Cn1cnc2scc(-c3ccc(F)cc3)c2c1=O. The zero-order chi connectivity index (χ0) is 21.3. The molecule has 0 aliphatic carbocycles. The summed E-state index contributed by atoms with van der Waals surface area (Å²) in [6.45, 7) is 0.337. The molecular weight excluding hydrogens is 469 g/mol. The van der Waals surface area contributed by atoms with Gasteiger partial charge in [-0.3, -0.25) is 14.2 Å². The van der Waals surface area contributed by atoms with Crippen LogP contribution in [0.25, 0.3) is 21.3 Å². The van der Waals surface area contributed by atoms with Crippen LogP contribution < -0.4 is 5.56 Å². The smallest absolute Gasteiger partial charge is 0.263 e. The summed E-state index contributed by atoms with van der Waals surface area (Å²) in [6.07, 6.45) is 1.40. The molecule has 0 aliphatic heterocycles. The Morgan fingerprint density at radius 1 is 1.17 bits per heavy atom. The number of nitrogens with zero attached hydrogens (tertiary/aromatic N) is 3. The molecule has 0 atom stereocenters. The number of amides is 1. The first-order valence-corrected chi connectivity index (χ1v) is 10.8. The number of hydrogen-bond acceptors (Lipinski definition) is 4. The largest absolute Gasteiger partial charge is 0.340 e. The van der Waals surface area contributed by atoms with E-state index >= 15 is 0 Å². The average molecular weight is 486 g/mol. The molecule has 2 heterocycles. The number of hydrogen-bond donors (Lipinski definition) is 0. The number of carbonyl (C=O) groups excluding carboxylic acids is 1. The van der Waals surface area contributed by atoms with Gasteiger partial charge in [-0.1, -0.05) is 40.2 Å². The van der Waals surface area contributed by atoms with Crippen LogP contribution in [0.15, 0.2) is 69.5 Å². The van der Waals surface area contributed by atoms with E-state index in [1.165, 1.54) is 34.4 Å². The number of halogens is 2. The van der Waals surface area contributed by atoms with E-state index < -0.39 is 0 Å². The summed E-state index contributed by atoms with van der Waals surface area (Å²) in [4.78, 5) is 32.3. The van der Waals surface area contributed by atoms with Crippen LogP contribution in [0.2, 0.25) is 0 Å². The van der Waals surface area contributed by atoms with Gasteiger partial charge in [-0.2, -0.15) is 0 Å². The number of likely N-dealkylation sites (N-methyl/N-ethyl adjacent to an activating group) is 1. The van der Waals surface area contributed by atoms with Crippen molar-refractivity contribution in [2.24, 2.45) is 0 Å². The molecular formula is C22H17BrFN3O2S. The van der Waals surface area contributed by atoms with Gasteiger partial charge in [0.05, 0.1) is 11.7 Å². The molecule has 30 heavy (non-hydrogen) atoms. The van der Waals surface area contributed by atoms with Crippen molar-refractivity contribution in [3.63, 3.8) is 0 Å². The van der Waals surface area contributed by atoms with Gasteiger partial charge in [0.15, 0.2) is 0 Å². The van der Waals surface area contributed by atoms with Gasteiger partial charge in [0.25, 0.3) is 5.56 Å². The lowest BCUT2D eigenvalue weighted by atomic mass is 10.1. The lowest BCUT2D eigenvalue weighted by molar-refractivity contribution is -0.131. The van der Waals surface area contributed by atoms with Crippen LogP contribution in [-0.2, 0) is 17.9 Å². The van der Waals surface area contributed by atoms with Crippen molar-refractivity contribution in [2.45, 2.75) is 13.1 Å². The molecule has 2 aromatic carbocycles. The van der Waals surface area contributed by atoms with E-state index in [0.29, 0.717) is 22.3 Å². The second-order valence-corrected chi connectivity index (χ2v) is 8.66. The van der Waals surface area contributed by atoms with E-state index in [-0.39, 0.29) is 23.8 Å². The predicted molar refractivity (Wildman–Crippen MR) is 120 cm³/mol. The highest BCUT2D eigenvalue weighted by atomic mass is 79.9. The fourth-order valence-electron chi connectivity index (χ4n) is 3.14. The maximum absolute atomic E-state index is 13.3. The van der Waals surface area contributed by atoms with Crippen molar-refractivity contribution in [3.8, 4) is 11.1 Å². The minimum atomic E-state index is -0.340. The molecule has 0 aliphatic rings. The second kappa shape index (κ2) is 8.49. The molecule has 0 radical (unpaired) electrons. The topological polar surface area (TPSA) is 55.2 Å². The summed E-state index contributed by atoms with van der Waals surface area (Å²) in [5, 5.41) is 2.27. The molecule has 0 N–H and O–H groups in total. The van der Waals surface area contributed by atoms with Gasteiger partial charge in [-0.15, -0.1) is 11.3 Å². The molecule has 0 saturated heterocycles. The van der Waals surface area contributed by atoms with Crippen molar-refractivity contribution in [1.82, 2.24) is 14.5 Å².